The fourth-order valence-corrected chi connectivity index (χ4v) is 2.96. The van der Waals surface area contributed by atoms with Crippen LogP contribution in [0.25, 0.3) is 0 Å². The lowest BCUT2D eigenvalue weighted by Gasteiger charge is -2.27. The summed E-state index contributed by atoms with van der Waals surface area (Å²) in [4.78, 5) is 14.4. The Labute approximate surface area is 118 Å². The van der Waals surface area contributed by atoms with Gasteiger partial charge in [0.05, 0.1) is 5.02 Å². The largest absolute Gasteiger partial charge is 0.339 e. The summed E-state index contributed by atoms with van der Waals surface area (Å²) in [5, 5.41) is 0.638. The van der Waals surface area contributed by atoms with Gasteiger partial charge in [0.1, 0.15) is 5.69 Å². The van der Waals surface area contributed by atoms with Crippen molar-refractivity contribution in [3.05, 3.63) is 23.0 Å². The highest BCUT2D eigenvalue weighted by Crippen LogP contribution is 2.39. The molecule has 1 heterocycles. The van der Waals surface area contributed by atoms with Crippen LogP contribution in [0, 0.1) is 5.92 Å². The number of amides is 1. The standard InChI is InChI=1S/C14H20ClN3O/c1-17(13(7-16)9-2-3-9)14(19)12-6-10(15)8-18(12)11-4-5-11/h6,8-9,11,13H,2-5,7,16H2,1H3. The highest BCUT2D eigenvalue weighted by Gasteiger charge is 2.36. The van der Waals surface area contributed by atoms with E-state index in [0.717, 1.165) is 12.8 Å². The minimum absolute atomic E-state index is 0.0427. The Morgan fingerprint density at radius 3 is 2.74 bits per heavy atom. The average Bonchev–Trinajstić information content (AvgIpc) is 3.28. The number of carbonyl (C=O) groups is 1. The van der Waals surface area contributed by atoms with E-state index >= 15 is 0 Å². The van der Waals surface area contributed by atoms with Gasteiger partial charge in [-0.2, -0.15) is 0 Å². The molecule has 2 fully saturated rings. The van der Waals surface area contributed by atoms with Gasteiger partial charge in [0, 0.05) is 31.9 Å². The molecule has 5 heteroatoms. The van der Waals surface area contributed by atoms with E-state index in [2.05, 4.69) is 0 Å². The van der Waals surface area contributed by atoms with Crippen molar-refractivity contribution in [1.82, 2.24) is 9.47 Å². The molecule has 0 aromatic carbocycles. The number of aromatic nitrogens is 1. The fraction of sp³-hybridized carbons (Fsp3) is 0.643. The zero-order valence-electron chi connectivity index (χ0n) is 11.2. The summed E-state index contributed by atoms with van der Waals surface area (Å²) in [6, 6.07) is 2.39. The Morgan fingerprint density at radius 2 is 2.21 bits per heavy atom. The van der Waals surface area contributed by atoms with Gasteiger partial charge >= 0.3 is 0 Å². The number of carbonyl (C=O) groups excluding carboxylic acids is 1. The highest BCUT2D eigenvalue weighted by atomic mass is 35.5. The lowest BCUT2D eigenvalue weighted by Crippen LogP contribution is -2.43. The third-order valence-electron chi connectivity index (χ3n) is 4.20. The third kappa shape index (κ3) is 2.51. The molecule has 0 aliphatic heterocycles. The van der Waals surface area contributed by atoms with Gasteiger partial charge in [-0.15, -0.1) is 0 Å². The molecule has 2 aliphatic carbocycles. The van der Waals surface area contributed by atoms with E-state index in [1.54, 1.807) is 6.07 Å². The van der Waals surface area contributed by atoms with Crippen molar-refractivity contribution >= 4 is 17.5 Å². The van der Waals surface area contributed by atoms with Crippen LogP contribution in [-0.2, 0) is 0 Å². The average molecular weight is 282 g/mol. The van der Waals surface area contributed by atoms with Crippen LogP contribution < -0.4 is 5.73 Å². The van der Waals surface area contributed by atoms with Crippen LogP contribution in [0.15, 0.2) is 12.3 Å². The molecule has 1 aromatic heterocycles. The predicted molar refractivity (Wildman–Crippen MR) is 75.4 cm³/mol. The zero-order chi connectivity index (χ0) is 13.6. The van der Waals surface area contributed by atoms with Crippen molar-refractivity contribution < 1.29 is 4.79 Å². The topological polar surface area (TPSA) is 51.3 Å². The van der Waals surface area contributed by atoms with Crippen molar-refractivity contribution in [3.8, 4) is 0 Å². The molecule has 0 saturated heterocycles. The van der Waals surface area contributed by atoms with E-state index in [0.29, 0.717) is 29.2 Å². The lowest BCUT2D eigenvalue weighted by molar-refractivity contribution is 0.0707. The van der Waals surface area contributed by atoms with Gasteiger partial charge in [-0.05, 0) is 37.7 Å². The number of halogens is 1. The van der Waals surface area contributed by atoms with E-state index in [4.69, 9.17) is 17.3 Å². The molecule has 4 nitrogen and oxygen atoms in total. The summed E-state index contributed by atoms with van der Waals surface area (Å²) >= 11 is 6.06. The molecule has 2 saturated carbocycles. The normalized spacial score (nSPS) is 20.4. The summed E-state index contributed by atoms with van der Waals surface area (Å²) in [7, 11) is 1.86. The first-order valence-corrected chi connectivity index (χ1v) is 7.34. The maximum absolute atomic E-state index is 12.6. The van der Waals surface area contributed by atoms with Crippen LogP contribution in [0.1, 0.15) is 42.2 Å². The summed E-state index contributed by atoms with van der Waals surface area (Å²) in [5.74, 6) is 0.625. The van der Waals surface area contributed by atoms with Crippen molar-refractivity contribution in [2.45, 2.75) is 37.8 Å². The Kier molecular flexibility index (Phi) is 3.31. The molecule has 1 unspecified atom stereocenters. The van der Waals surface area contributed by atoms with Gasteiger partial charge in [-0.1, -0.05) is 11.6 Å². The van der Waals surface area contributed by atoms with Crippen molar-refractivity contribution in [3.63, 3.8) is 0 Å². The van der Waals surface area contributed by atoms with Gasteiger partial charge in [-0.25, -0.2) is 0 Å². The van der Waals surface area contributed by atoms with E-state index < -0.39 is 0 Å². The lowest BCUT2D eigenvalue weighted by atomic mass is 10.1. The van der Waals surface area contributed by atoms with Gasteiger partial charge < -0.3 is 15.2 Å². The molecule has 0 radical (unpaired) electrons. The summed E-state index contributed by atoms with van der Waals surface area (Å²) in [5.41, 5.74) is 6.52. The second kappa shape index (κ2) is 4.84. The molecule has 3 rings (SSSR count). The van der Waals surface area contributed by atoms with E-state index in [-0.39, 0.29) is 11.9 Å². The fourth-order valence-electron chi connectivity index (χ4n) is 2.75. The SMILES string of the molecule is CN(C(=O)c1cc(Cl)cn1C1CC1)C(CN)C1CC1. The second-order valence-corrected chi connectivity index (χ2v) is 6.17. The van der Waals surface area contributed by atoms with E-state index in [1.165, 1.54) is 12.8 Å². The van der Waals surface area contributed by atoms with Crippen molar-refractivity contribution in [2.75, 3.05) is 13.6 Å². The minimum Gasteiger partial charge on any atom is -0.339 e. The van der Waals surface area contributed by atoms with Gasteiger partial charge in [0.15, 0.2) is 0 Å². The number of rotatable bonds is 5. The number of hydrogen-bond donors (Lipinski definition) is 1. The minimum atomic E-state index is 0.0427. The molecule has 19 heavy (non-hydrogen) atoms. The monoisotopic (exact) mass is 281 g/mol. The molecule has 0 spiro atoms. The number of nitrogens with zero attached hydrogens (tertiary/aromatic N) is 2. The first-order valence-electron chi connectivity index (χ1n) is 6.96. The van der Waals surface area contributed by atoms with Crippen LogP contribution in [0.3, 0.4) is 0 Å². The molecule has 2 N–H and O–H groups in total. The Morgan fingerprint density at radius 1 is 1.53 bits per heavy atom. The summed E-state index contributed by atoms with van der Waals surface area (Å²) in [6.07, 6.45) is 6.51. The van der Waals surface area contributed by atoms with E-state index in [9.17, 15) is 4.79 Å². The summed E-state index contributed by atoms with van der Waals surface area (Å²) in [6.45, 7) is 0.533. The van der Waals surface area contributed by atoms with Gasteiger partial charge in [0.2, 0.25) is 0 Å². The maximum Gasteiger partial charge on any atom is 0.270 e. The van der Waals surface area contributed by atoms with Crippen LogP contribution in [0.4, 0.5) is 0 Å². The maximum atomic E-state index is 12.6. The Bertz CT molecular complexity index is 491. The summed E-state index contributed by atoms with van der Waals surface area (Å²) < 4.78 is 2.03. The smallest absolute Gasteiger partial charge is 0.270 e. The molecule has 1 atom stereocenters. The molecule has 1 aromatic rings. The van der Waals surface area contributed by atoms with Crippen molar-refractivity contribution in [2.24, 2.45) is 11.7 Å². The first kappa shape index (κ1) is 13.0. The molecule has 2 aliphatic rings. The van der Waals surface area contributed by atoms with Crippen LogP contribution in [0.5, 0.6) is 0 Å². The molecule has 104 valence electrons. The molecule has 0 bridgehead atoms. The Balaban J connectivity index is 1.82. The van der Waals surface area contributed by atoms with Gasteiger partial charge in [0.25, 0.3) is 5.91 Å². The molecule has 1 amide bonds. The Hall–Kier alpha value is -1.00. The van der Waals surface area contributed by atoms with E-state index in [1.807, 2.05) is 22.7 Å². The number of nitrogens with two attached hydrogens (primary N) is 1. The van der Waals surface area contributed by atoms with Gasteiger partial charge in [-0.3, -0.25) is 4.79 Å². The molecular formula is C14H20ClN3O. The first-order chi connectivity index (χ1) is 9.11. The quantitative estimate of drug-likeness (QED) is 0.900. The van der Waals surface area contributed by atoms with Crippen molar-refractivity contribution in [1.29, 1.82) is 0 Å². The second-order valence-electron chi connectivity index (χ2n) is 5.74. The number of hydrogen-bond acceptors (Lipinski definition) is 2. The van der Waals surface area contributed by atoms with Crippen LogP contribution in [0.2, 0.25) is 5.02 Å². The third-order valence-corrected chi connectivity index (χ3v) is 4.41. The van der Waals surface area contributed by atoms with Crippen LogP contribution >= 0.6 is 11.6 Å². The highest BCUT2D eigenvalue weighted by molar-refractivity contribution is 6.31. The zero-order valence-corrected chi connectivity index (χ0v) is 11.9. The predicted octanol–water partition coefficient (Wildman–Crippen LogP) is 2.29. The van der Waals surface area contributed by atoms with Crippen LogP contribution in [-0.4, -0.2) is 35.0 Å². The number of likely N-dealkylation sites (N-methyl/N-ethyl adjacent to an activating group) is 1. The molecular weight excluding hydrogens is 262 g/mol.